The van der Waals surface area contributed by atoms with Crippen LogP contribution in [0, 0.1) is 11.8 Å². The first-order valence-electron chi connectivity index (χ1n) is 8.53. The lowest BCUT2D eigenvalue weighted by Gasteiger charge is -2.23. The highest BCUT2D eigenvalue weighted by atomic mass is 32.1. The van der Waals surface area contributed by atoms with E-state index in [0.29, 0.717) is 28.8 Å². The monoisotopic (exact) mass is 381 g/mol. The summed E-state index contributed by atoms with van der Waals surface area (Å²) < 4.78 is 10.6. The molecule has 3 rings (SSSR count). The minimum absolute atomic E-state index is 0.0565. The molecule has 1 aliphatic heterocycles. The fourth-order valence-corrected chi connectivity index (χ4v) is 4.44. The molecule has 26 heavy (non-hydrogen) atoms. The minimum atomic E-state index is -0.946. The van der Waals surface area contributed by atoms with E-state index >= 15 is 0 Å². The molecule has 1 saturated heterocycles. The Morgan fingerprint density at radius 2 is 1.96 bits per heavy atom. The molecule has 3 atom stereocenters. The summed E-state index contributed by atoms with van der Waals surface area (Å²) in [5.74, 6) is 0.157. The van der Waals surface area contributed by atoms with E-state index in [1.165, 1.54) is 35.2 Å². The molecule has 0 bridgehead atoms. The van der Waals surface area contributed by atoms with E-state index in [1.54, 1.807) is 7.05 Å². The number of amides is 2. The Kier molecular flexibility index (Phi) is 5.03. The Hall–Kier alpha value is -2.00. The summed E-state index contributed by atoms with van der Waals surface area (Å²) in [6, 6.07) is -0.387. The second-order valence-corrected chi connectivity index (χ2v) is 7.98. The maximum atomic E-state index is 12.7. The molecule has 1 aromatic rings. The van der Waals surface area contributed by atoms with Crippen molar-refractivity contribution in [2.45, 2.75) is 46.1 Å². The lowest BCUT2D eigenvalue weighted by molar-refractivity contribution is -0.155. The van der Waals surface area contributed by atoms with Crippen LogP contribution in [0.5, 0.6) is 0 Å². The molecule has 142 valence electrons. The number of urea groups is 1. The van der Waals surface area contributed by atoms with Crippen LogP contribution in [0.25, 0.3) is 0 Å². The van der Waals surface area contributed by atoms with Gasteiger partial charge in [-0.05, 0) is 18.3 Å². The van der Waals surface area contributed by atoms with Crippen molar-refractivity contribution in [3.05, 3.63) is 10.6 Å². The summed E-state index contributed by atoms with van der Waals surface area (Å²) >= 11 is 1.17. The smallest absolute Gasteiger partial charge is 0.331 e. The summed E-state index contributed by atoms with van der Waals surface area (Å²) in [5, 5.41) is 0.357. The number of hydrogen-bond donors (Lipinski definition) is 0. The van der Waals surface area contributed by atoms with E-state index in [2.05, 4.69) is 18.8 Å². The average Bonchev–Trinajstić information content (AvgIpc) is 3.07. The van der Waals surface area contributed by atoms with Crippen LogP contribution < -0.4 is 4.90 Å². The predicted octanol–water partition coefficient (Wildman–Crippen LogP) is 2.28. The zero-order valence-corrected chi connectivity index (χ0v) is 16.3. The van der Waals surface area contributed by atoms with Crippen LogP contribution in [-0.4, -0.2) is 54.3 Å². The van der Waals surface area contributed by atoms with Crippen molar-refractivity contribution < 1.29 is 23.9 Å². The predicted molar refractivity (Wildman–Crippen MR) is 95.1 cm³/mol. The number of rotatable bonds is 4. The van der Waals surface area contributed by atoms with Crippen LogP contribution in [0.1, 0.15) is 42.6 Å². The number of Topliss-reactive ketones (excluding diaryl/α,β-unsaturated/α-hetero) is 1. The van der Waals surface area contributed by atoms with E-state index in [0.717, 1.165) is 5.69 Å². The summed E-state index contributed by atoms with van der Waals surface area (Å²) in [6.45, 7) is 5.46. The molecule has 1 aliphatic carbocycles. The highest BCUT2D eigenvalue weighted by molar-refractivity contribution is 7.17. The van der Waals surface area contributed by atoms with E-state index in [9.17, 15) is 14.4 Å². The first-order chi connectivity index (χ1) is 12.2. The maximum absolute atomic E-state index is 12.7. The van der Waals surface area contributed by atoms with Crippen molar-refractivity contribution in [3.8, 4) is 0 Å². The number of hydrogen-bond acceptors (Lipinski definition) is 7. The molecular weight excluding hydrogens is 358 g/mol. The Balaban J connectivity index is 1.97. The van der Waals surface area contributed by atoms with Crippen LogP contribution in [0.4, 0.5) is 9.93 Å². The molecule has 8 nitrogen and oxygen atoms in total. The molecule has 2 aliphatic rings. The zero-order chi connectivity index (χ0) is 19.2. The minimum Gasteiger partial charge on any atom is -0.436 e. The van der Waals surface area contributed by atoms with Crippen molar-refractivity contribution in [1.29, 1.82) is 0 Å². The third-order valence-electron chi connectivity index (χ3n) is 4.91. The first-order valence-corrected chi connectivity index (χ1v) is 9.35. The van der Waals surface area contributed by atoms with Gasteiger partial charge in [0, 0.05) is 27.5 Å². The maximum Gasteiger partial charge on any atom is 0.331 e. The third-order valence-corrected chi connectivity index (χ3v) is 6.05. The largest absolute Gasteiger partial charge is 0.436 e. The van der Waals surface area contributed by atoms with Gasteiger partial charge >= 0.3 is 12.0 Å². The molecule has 0 spiro atoms. The van der Waals surface area contributed by atoms with Gasteiger partial charge in [-0.25, -0.2) is 14.7 Å². The quantitative estimate of drug-likeness (QED) is 0.744. The van der Waals surface area contributed by atoms with E-state index in [1.807, 2.05) is 0 Å². The number of methoxy groups -OCH3 is 1. The number of anilines is 1. The molecular formula is C17H23N3O5S. The molecule has 2 heterocycles. The Labute approximate surface area is 156 Å². The Bertz CT molecular complexity index is 747. The summed E-state index contributed by atoms with van der Waals surface area (Å²) in [6.07, 6.45) is -0.488. The third kappa shape index (κ3) is 3.09. The molecule has 0 N–H and O–H groups in total. The van der Waals surface area contributed by atoms with Gasteiger partial charge in [-0.2, -0.15) is 0 Å². The summed E-state index contributed by atoms with van der Waals surface area (Å²) in [5.41, 5.74) is 0.720. The van der Waals surface area contributed by atoms with Crippen LogP contribution >= 0.6 is 11.3 Å². The number of nitrogens with zero attached hydrogens (tertiary/aromatic N) is 3. The van der Waals surface area contributed by atoms with Gasteiger partial charge in [0.25, 0.3) is 0 Å². The van der Waals surface area contributed by atoms with Crippen LogP contribution in [-0.2, 0) is 20.7 Å². The highest BCUT2D eigenvalue weighted by Gasteiger charge is 2.49. The van der Waals surface area contributed by atoms with Crippen molar-refractivity contribution in [3.63, 3.8) is 0 Å². The molecule has 2 amide bonds. The van der Waals surface area contributed by atoms with Crippen LogP contribution in [0.2, 0.25) is 0 Å². The summed E-state index contributed by atoms with van der Waals surface area (Å²) in [4.78, 5) is 44.5. The SMILES string of the molecule is COC1C(OC(C)=O)N(c2nc3c(s2)C(=O)CC(C(C)C)C3)C(=O)N1C. The standard InChI is InChI=1S/C17H23N3O5S/c1-8(2)10-6-11-13(12(22)7-10)26-16(18-11)20-15(25-9(3)21)14(24-5)19(4)17(20)23/h8,10,14-15H,6-7H2,1-5H3. The number of carbonyl (C=O) groups is 3. The normalized spacial score (nSPS) is 25.8. The van der Waals surface area contributed by atoms with Gasteiger partial charge in [0.1, 0.15) is 0 Å². The molecule has 1 fully saturated rings. The number of esters is 1. The number of thiazole rings is 1. The van der Waals surface area contributed by atoms with Gasteiger partial charge in [0.15, 0.2) is 17.1 Å². The van der Waals surface area contributed by atoms with Crippen LogP contribution in [0.15, 0.2) is 0 Å². The van der Waals surface area contributed by atoms with Crippen molar-refractivity contribution in [2.75, 3.05) is 19.1 Å². The number of ether oxygens (including phenoxy) is 2. The Morgan fingerprint density at radius 3 is 2.54 bits per heavy atom. The molecule has 1 aromatic heterocycles. The van der Waals surface area contributed by atoms with Crippen LogP contribution in [0.3, 0.4) is 0 Å². The first kappa shape index (κ1) is 18.8. The van der Waals surface area contributed by atoms with E-state index < -0.39 is 18.4 Å². The number of likely N-dealkylation sites (N-methyl/N-ethyl adjacent to an activating group) is 1. The van der Waals surface area contributed by atoms with Gasteiger partial charge in [0.05, 0.1) is 10.6 Å². The second kappa shape index (κ2) is 6.96. The molecule has 0 aromatic carbocycles. The molecule has 3 unspecified atom stereocenters. The van der Waals surface area contributed by atoms with E-state index in [-0.39, 0.29) is 17.7 Å². The van der Waals surface area contributed by atoms with Crippen molar-refractivity contribution >= 4 is 34.3 Å². The van der Waals surface area contributed by atoms with Crippen molar-refractivity contribution in [2.24, 2.45) is 11.8 Å². The lowest BCUT2D eigenvalue weighted by atomic mass is 9.82. The van der Waals surface area contributed by atoms with Gasteiger partial charge < -0.3 is 9.47 Å². The molecule has 0 saturated carbocycles. The number of carbonyl (C=O) groups excluding carboxylic acids is 3. The average molecular weight is 381 g/mol. The molecule has 9 heteroatoms. The Morgan fingerprint density at radius 1 is 1.27 bits per heavy atom. The number of ketones is 1. The zero-order valence-electron chi connectivity index (χ0n) is 15.5. The number of fused-ring (bicyclic) bond motifs is 1. The van der Waals surface area contributed by atoms with Gasteiger partial charge in [-0.3, -0.25) is 14.5 Å². The van der Waals surface area contributed by atoms with E-state index in [4.69, 9.17) is 9.47 Å². The fraction of sp³-hybridized carbons (Fsp3) is 0.647. The van der Waals surface area contributed by atoms with Gasteiger partial charge in [0.2, 0.25) is 6.23 Å². The topological polar surface area (TPSA) is 89.0 Å². The molecule has 0 radical (unpaired) electrons. The van der Waals surface area contributed by atoms with Crippen molar-refractivity contribution in [1.82, 2.24) is 9.88 Å². The van der Waals surface area contributed by atoms with Gasteiger partial charge in [-0.1, -0.05) is 25.2 Å². The second-order valence-electron chi connectivity index (χ2n) is 7.00. The summed E-state index contributed by atoms with van der Waals surface area (Å²) in [7, 11) is 3.01. The highest BCUT2D eigenvalue weighted by Crippen LogP contribution is 2.39. The fourth-order valence-electron chi connectivity index (χ4n) is 3.37. The lowest BCUT2D eigenvalue weighted by Crippen LogP contribution is -2.41. The van der Waals surface area contributed by atoms with Gasteiger partial charge in [-0.15, -0.1) is 0 Å². The number of aromatic nitrogens is 1.